The normalized spacial score (nSPS) is 19.1. The molecule has 5 rings (SSSR count). The number of hydrogen-bond acceptors (Lipinski definition) is 4. The predicted molar refractivity (Wildman–Crippen MR) is 122 cm³/mol. The maximum absolute atomic E-state index is 14.5. The number of benzene rings is 1. The molecule has 0 saturated carbocycles. The van der Waals surface area contributed by atoms with Gasteiger partial charge in [-0.15, -0.1) is 4.68 Å². The van der Waals surface area contributed by atoms with E-state index in [2.05, 4.69) is 39.5 Å². The smallest absolute Gasteiger partial charge is 0.257 e. The molecule has 166 valence electrons. The molecule has 4 aromatic rings. The van der Waals surface area contributed by atoms with Gasteiger partial charge in [-0.1, -0.05) is 0 Å². The minimum atomic E-state index is -0.528. The molecule has 0 spiro atoms. The zero-order valence-corrected chi connectivity index (χ0v) is 18.6. The van der Waals surface area contributed by atoms with Crippen molar-refractivity contribution in [1.29, 1.82) is 0 Å². The van der Waals surface area contributed by atoms with Crippen LogP contribution in [0.5, 0.6) is 0 Å². The van der Waals surface area contributed by atoms with Gasteiger partial charge < -0.3 is 19.9 Å². The molecule has 1 aromatic carbocycles. The maximum Gasteiger partial charge on any atom is 0.257 e. The van der Waals surface area contributed by atoms with Crippen molar-refractivity contribution in [3.05, 3.63) is 53.9 Å². The van der Waals surface area contributed by atoms with Gasteiger partial charge in [-0.3, -0.25) is 4.79 Å². The number of rotatable bonds is 3. The molecule has 8 nitrogen and oxygen atoms in total. The zero-order chi connectivity index (χ0) is 22.6. The summed E-state index contributed by atoms with van der Waals surface area (Å²) < 4.78 is 17.9. The van der Waals surface area contributed by atoms with Crippen molar-refractivity contribution in [2.24, 2.45) is 7.05 Å². The number of aromatic amines is 1. The number of nitrogens with zero attached hydrogens (tertiary/aromatic N) is 4. The molecule has 4 heterocycles. The van der Waals surface area contributed by atoms with E-state index in [9.17, 15) is 9.18 Å². The van der Waals surface area contributed by atoms with Crippen LogP contribution in [0.1, 0.15) is 29.9 Å². The SMILES string of the molecule is Cc1cn2cc(C(=O)Nc3ccc(N4C[C@@H](C)N[C@@H](C)C4)c4c[n+](C)[nH]c34)cc(F)c2n1. The molecule has 1 aliphatic heterocycles. The Bertz CT molecular complexity index is 1330. The molecule has 9 heteroatoms. The van der Waals surface area contributed by atoms with Crippen LogP contribution in [0.25, 0.3) is 16.6 Å². The fraction of sp³-hybridized carbons (Fsp3) is 0.348. The zero-order valence-electron chi connectivity index (χ0n) is 18.6. The summed E-state index contributed by atoms with van der Waals surface area (Å²) in [6.45, 7) is 7.97. The standard InChI is InChI=1S/C23H26FN7O/c1-13-8-30(9-14(2)25-13)20-6-5-19(21-17(20)12-29(4)28-21)27-23(32)16-7-18(24)22-26-15(3)10-31(22)11-16/h5-7,10-14,25H,8-9H2,1-4H3,(H,27,32)/p+1/t13-,14+. The van der Waals surface area contributed by atoms with Crippen molar-refractivity contribution in [2.45, 2.75) is 32.9 Å². The number of imidazole rings is 1. The third-order valence-corrected chi connectivity index (χ3v) is 5.87. The molecular formula is C23H27FN7O+. The second kappa shape index (κ2) is 7.59. The molecule has 0 aliphatic carbocycles. The summed E-state index contributed by atoms with van der Waals surface area (Å²) in [5.74, 6) is -0.910. The van der Waals surface area contributed by atoms with Gasteiger partial charge in [0.25, 0.3) is 5.91 Å². The molecule has 3 N–H and O–H groups in total. The average molecular weight is 437 g/mol. The van der Waals surface area contributed by atoms with Gasteiger partial charge in [-0.2, -0.15) is 5.10 Å². The first-order chi connectivity index (χ1) is 15.3. The number of carbonyl (C=O) groups is 1. The summed E-state index contributed by atoms with van der Waals surface area (Å²) in [6, 6.07) is 5.94. The molecule has 1 amide bonds. The minimum absolute atomic E-state index is 0.210. The highest BCUT2D eigenvalue weighted by Gasteiger charge is 2.25. The molecule has 0 bridgehead atoms. The number of aromatic nitrogens is 4. The number of anilines is 2. The second-order valence-corrected chi connectivity index (χ2v) is 8.79. The van der Waals surface area contributed by atoms with Crippen molar-refractivity contribution < 1.29 is 13.9 Å². The Hall–Kier alpha value is -3.46. The van der Waals surface area contributed by atoms with Crippen LogP contribution in [0.3, 0.4) is 0 Å². The number of pyridine rings is 1. The van der Waals surface area contributed by atoms with Crippen LogP contribution in [0.15, 0.2) is 36.8 Å². The number of halogens is 1. The van der Waals surface area contributed by atoms with E-state index >= 15 is 0 Å². The molecule has 1 saturated heterocycles. The summed E-state index contributed by atoms with van der Waals surface area (Å²) in [4.78, 5) is 19.5. The quantitative estimate of drug-likeness (QED) is 0.431. The fourth-order valence-corrected chi connectivity index (χ4v) is 4.66. The third-order valence-electron chi connectivity index (χ3n) is 5.87. The Kier molecular flexibility index (Phi) is 4.85. The highest BCUT2D eigenvalue weighted by atomic mass is 19.1. The second-order valence-electron chi connectivity index (χ2n) is 8.79. The monoisotopic (exact) mass is 436 g/mol. The topological polar surface area (TPSA) is 81.3 Å². The largest absolute Gasteiger partial charge is 0.368 e. The van der Waals surface area contributed by atoms with Crippen LogP contribution in [-0.2, 0) is 7.05 Å². The Labute approximate surface area is 185 Å². The first-order valence-corrected chi connectivity index (χ1v) is 10.8. The molecule has 3 aromatic heterocycles. The highest BCUT2D eigenvalue weighted by molar-refractivity contribution is 6.10. The van der Waals surface area contributed by atoms with Crippen LogP contribution in [0.2, 0.25) is 0 Å². The maximum atomic E-state index is 14.5. The van der Waals surface area contributed by atoms with Crippen molar-refractivity contribution in [2.75, 3.05) is 23.3 Å². The Balaban J connectivity index is 1.49. The lowest BCUT2D eigenvalue weighted by Crippen LogP contribution is -2.54. The summed E-state index contributed by atoms with van der Waals surface area (Å²) in [7, 11) is 1.92. The first kappa shape index (κ1) is 20.4. The van der Waals surface area contributed by atoms with E-state index < -0.39 is 5.82 Å². The van der Waals surface area contributed by atoms with Crippen LogP contribution in [0.4, 0.5) is 15.8 Å². The van der Waals surface area contributed by atoms with Gasteiger partial charge in [0, 0.05) is 37.6 Å². The van der Waals surface area contributed by atoms with Crippen molar-refractivity contribution in [1.82, 2.24) is 19.8 Å². The van der Waals surface area contributed by atoms with Crippen LogP contribution in [0, 0.1) is 12.7 Å². The van der Waals surface area contributed by atoms with Gasteiger partial charge in [-0.05, 0) is 39.0 Å². The molecule has 2 atom stereocenters. The fourth-order valence-electron chi connectivity index (χ4n) is 4.66. The van der Waals surface area contributed by atoms with Crippen LogP contribution in [-0.4, -0.2) is 45.6 Å². The first-order valence-electron chi connectivity index (χ1n) is 10.8. The summed E-state index contributed by atoms with van der Waals surface area (Å²) in [6.07, 6.45) is 5.32. The summed E-state index contributed by atoms with van der Waals surface area (Å²) in [5.41, 5.74) is 3.72. The van der Waals surface area contributed by atoms with Crippen molar-refractivity contribution in [3.63, 3.8) is 0 Å². The number of carbonyl (C=O) groups excluding carboxylic acids is 1. The van der Waals surface area contributed by atoms with Gasteiger partial charge in [0.05, 0.1) is 28.0 Å². The highest BCUT2D eigenvalue weighted by Crippen LogP contribution is 2.32. The van der Waals surface area contributed by atoms with Gasteiger partial charge >= 0.3 is 0 Å². The van der Waals surface area contributed by atoms with Gasteiger partial charge in [-0.25, -0.2) is 9.37 Å². The lowest BCUT2D eigenvalue weighted by molar-refractivity contribution is -0.724. The van der Waals surface area contributed by atoms with E-state index in [1.165, 1.54) is 6.07 Å². The summed E-state index contributed by atoms with van der Waals surface area (Å²) >= 11 is 0. The van der Waals surface area contributed by atoms with Crippen molar-refractivity contribution >= 4 is 33.8 Å². The minimum Gasteiger partial charge on any atom is -0.368 e. The van der Waals surface area contributed by atoms with E-state index in [0.717, 1.165) is 29.7 Å². The Morgan fingerprint density at radius 2 is 2.00 bits per heavy atom. The van der Waals surface area contributed by atoms with E-state index in [4.69, 9.17) is 0 Å². The average Bonchev–Trinajstić information content (AvgIpc) is 3.29. The number of aryl methyl sites for hydroxylation is 2. The summed E-state index contributed by atoms with van der Waals surface area (Å²) in [5, 5.41) is 10.8. The Morgan fingerprint density at radius 1 is 1.25 bits per heavy atom. The lowest BCUT2D eigenvalue weighted by Gasteiger charge is -2.37. The molecule has 0 radical (unpaired) electrons. The number of fused-ring (bicyclic) bond motifs is 2. The molecule has 0 unspecified atom stereocenters. The van der Waals surface area contributed by atoms with E-state index in [0.29, 0.717) is 23.5 Å². The lowest BCUT2D eigenvalue weighted by atomic mass is 10.1. The number of nitrogens with one attached hydrogen (secondary N) is 3. The molecule has 32 heavy (non-hydrogen) atoms. The number of piperazine rings is 1. The Morgan fingerprint density at radius 3 is 2.75 bits per heavy atom. The van der Waals surface area contributed by atoms with E-state index in [-0.39, 0.29) is 17.1 Å². The molecule has 1 fully saturated rings. The van der Waals surface area contributed by atoms with Gasteiger partial charge in [0.1, 0.15) is 5.52 Å². The number of hydrogen-bond donors (Lipinski definition) is 3. The van der Waals surface area contributed by atoms with Crippen LogP contribution < -0.4 is 20.2 Å². The van der Waals surface area contributed by atoms with Crippen molar-refractivity contribution in [3.8, 4) is 0 Å². The number of amides is 1. The van der Waals surface area contributed by atoms with Gasteiger partial charge in [0.2, 0.25) is 6.20 Å². The van der Waals surface area contributed by atoms with Gasteiger partial charge in [0.15, 0.2) is 18.5 Å². The predicted octanol–water partition coefficient (Wildman–Crippen LogP) is 2.53. The third kappa shape index (κ3) is 3.58. The van der Waals surface area contributed by atoms with E-state index in [1.807, 2.05) is 30.1 Å². The molecular weight excluding hydrogens is 409 g/mol. The number of H-pyrrole nitrogens is 1. The van der Waals surface area contributed by atoms with E-state index in [1.54, 1.807) is 23.7 Å². The van der Waals surface area contributed by atoms with Crippen LogP contribution >= 0.6 is 0 Å². The molecule has 1 aliphatic rings.